The van der Waals surface area contributed by atoms with Gasteiger partial charge in [0, 0.05) is 16.5 Å². The van der Waals surface area contributed by atoms with Gasteiger partial charge < -0.3 is 4.74 Å². The van der Waals surface area contributed by atoms with Crippen molar-refractivity contribution in [1.82, 2.24) is 0 Å². The lowest BCUT2D eigenvalue weighted by Crippen LogP contribution is -2.07. The second-order valence-electron chi connectivity index (χ2n) is 3.87. The minimum absolute atomic E-state index is 0.0772. The van der Waals surface area contributed by atoms with E-state index in [1.54, 1.807) is 19.2 Å². The summed E-state index contributed by atoms with van der Waals surface area (Å²) in [6.45, 7) is 4.26. The van der Waals surface area contributed by atoms with E-state index in [1.807, 2.05) is 0 Å². The Bertz CT molecular complexity index is 337. The van der Waals surface area contributed by atoms with Crippen LogP contribution in [0.3, 0.4) is 0 Å². The molecule has 0 aliphatic heterocycles. The summed E-state index contributed by atoms with van der Waals surface area (Å²) in [5.74, 6) is 0.821. The Morgan fingerprint density at radius 1 is 1.31 bits per heavy atom. The summed E-state index contributed by atoms with van der Waals surface area (Å²) < 4.78 is 18.8. The second-order valence-corrected chi connectivity index (χ2v) is 4.85. The quantitative estimate of drug-likeness (QED) is 0.713. The summed E-state index contributed by atoms with van der Waals surface area (Å²) >= 11 is 3.59. The van der Waals surface area contributed by atoms with Crippen molar-refractivity contribution >= 4 is 15.9 Å². The predicted octanol–water partition coefficient (Wildman–Crippen LogP) is 4.71. The molecule has 0 amide bonds. The highest BCUT2D eigenvalue weighted by Crippen LogP contribution is 2.37. The van der Waals surface area contributed by atoms with E-state index in [2.05, 4.69) is 29.8 Å². The Kier molecular flexibility index (Phi) is 5.26. The lowest BCUT2D eigenvalue weighted by Gasteiger charge is -2.20. The Labute approximate surface area is 105 Å². The fourth-order valence-electron chi connectivity index (χ4n) is 1.81. The SMILES string of the molecule is CCC(CC)C(Br)c1ccc(OC)cc1F. The van der Waals surface area contributed by atoms with Crippen LogP contribution in [0.2, 0.25) is 0 Å². The van der Waals surface area contributed by atoms with Gasteiger partial charge in [0.05, 0.1) is 7.11 Å². The molecule has 1 aromatic rings. The number of halogens is 2. The lowest BCUT2D eigenvalue weighted by atomic mass is 9.94. The molecule has 1 atom stereocenters. The van der Waals surface area contributed by atoms with Crippen molar-refractivity contribution in [3.63, 3.8) is 0 Å². The number of hydrogen-bond acceptors (Lipinski definition) is 1. The van der Waals surface area contributed by atoms with Crippen LogP contribution in [0, 0.1) is 11.7 Å². The van der Waals surface area contributed by atoms with Crippen LogP contribution in [0.4, 0.5) is 4.39 Å². The fourth-order valence-corrected chi connectivity index (χ4v) is 2.93. The third kappa shape index (κ3) is 2.97. The van der Waals surface area contributed by atoms with Gasteiger partial charge in [0.2, 0.25) is 0 Å². The second kappa shape index (κ2) is 6.24. The number of methoxy groups -OCH3 is 1. The first kappa shape index (κ1) is 13.5. The summed E-state index contributed by atoms with van der Waals surface area (Å²) in [7, 11) is 1.54. The molecule has 0 N–H and O–H groups in total. The summed E-state index contributed by atoms with van der Waals surface area (Å²) in [5, 5.41) is 0. The van der Waals surface area contributed by atoms with Gasteiger partial charge in [-0.15, -0.1) is 0 Å². The molecule has 0 fully saturated rings. The van der Waals surface area contributed by atoms with Crippen LogP contribution in [-0.4, -0.2) is 7.11 Å². The Morgan fingerprint density at radius 2 is 1.94 bits per heavy atom. The maximum absolute atomic E-state index is 13.8. The molecule has 0 heterocycles. The van der Waals surface area contributed by atoms with Crippen LogP contribution in [0.5, 0.6) is 5.75 Å². The van der Waals surface area contributed by atoms with Crippen LogP contribution in [0.1, 0.15) is 37.1 Å². The van der Waals surface area contributed by atoms with Crippen molar-refractivity contribution < 1.29 is 9.13 Å². The van der Waals surface area contributed by atoms with Gasteiger partial charge in [-0.2, -0.15) is 0 Å². The number of hydrogen-bond donors (Lipinski definition) is 0. The average Bonchev–Trinajstić information content (AvgIpc) is 2.30. The van der Waals surface area contributed by atoms with Crippen LogP contribution >= 0.6 is 15.9 Å². The average molecular weight is 289 g/mol. The molecule has 1 rings (SSSR count). The smallest absolute Gasteiger partial charge is 0.131 e. The van der Waals surface area contributed by atoms with Crippen molar-refractivity contribution in [1.29, 1.82) is 0 Å². The molecule has 0 bridgehead atoms. The molecule has 0 aliphatic carbocycles. The summed E-state index contributed by atoms with van der Waals surface area (Å²) in [6.07, 6.45) is 2.08. The molecule has 16 heavy (non-hydrogen) atoms. The Balaban J connectivity index is 2.95. The van der Waals surface area contributed by atoms with Crippen LogP contribution in [0.15, 0.2) is 18.2 Å². The molecule has 3 heteroatoms. The van der Waals surface area contributed by atoms with E-state index in [0.717, 1.165) is 18.4 Å². The highest BCUT2D eigenvalue weighted by atomic mass is 79.9. The molecule has 1 unspecified atom stereocenters. The fraction of sp³-hybridized carbons (Fsp3) is 0.538. The number of ether oxygens (including phenoxy) is 1. The molecule has 0 saturated heterocycles. The van der Waals surface area contributed by atoms with Gasteiger partial charge in [0.1, 0.15) is 11.6 Å². The van der Waals surface area contributed by atoms with Crippen molar-refractivity contribution in [3.05, 3.63) is 29.6 Å². The molecule has 1 aromatic carbocycles. The Hall–Kier alpha value is -0.570. The van der Waals surface area contributed by atoms with Gasteiger partial charge in [-0.25, -0.2) is 4.39 Å². The normalized spacial score (nSPS) is 12.9. The maximum atomic E-state index is 13.8. The zero-order chi connectivity index (χ0) is 12.1. The molecule has 0 saturated carbocycles. The lowest BCUT2D eigenvalue weighted by molar-refractivity contribution is 0.409. The van der Waals surface area contributed by atoms with E-state index in [4.69, 9.17) is 4.74 Å². The van der Waals surface area contributed by atoms with Gasteiger partial charge in [-0.3, -0.25) is 0 Å². The first-order valence-corrected chi connectivity index (χ1v) is 6.53. The summed E-state index contributed by atoms with van der Waals surface area (Å²) in [6, 6.07) is 5.03. The third-order valence-corrected chi connectivity index (χ3v) is 4.21. The van der Waals surface area contributed by atoms with E-state index in [1.165, 1.54) is 6.07 Å². The largest absolute Gasteiger partial charge is 0.497 e. The summed E-state index contributed by atoms with van der Waals surface area (Å²) in [5.41, 5.74) is 0.717. The first-order chi connectivity index (χ1) is 7.63. The molecular weight excluding hydrogens is 271 g/mol. The zero-order valence-corrected chi connectivity index (χ0v) is 11.6. The van der Waals surface area contributed by atoms with E-state index in [-0.39, 0.29) is 10.6 Å². The minimum atomic E-state index is -0.201. The molecule has 0 aromatic heterocycles. The van der Waals surface area contributed by atoms with Crippen LogP contribution in [-0.2, 0) is 0 Å². The van der Waals surface area contributed by atoms with Gasteiger partial charge in [0.25, 0.3) is 0 Å². The number of benzene rings is 1. The van der Waals surface area contributed by atoms with Crippen LogP contribution in [0.25, 0.3) is 0 Å². The van der Waals surface area contributed by atoms with E-state index in [9.17, 15) is 4.39 Å². The van der Waals surface area contributed by atoms with Gasteiger partial charge >= 0.3 is 0 Å². The standard InChI is InChI=1S/C13H18BrFO/c1-4-9(5-2)13(14)11-7-6-10(16-3)8-12(11)15/h6-9,13H,4-5H2,1-3H3. The Morgan fingerprint density at radius 3 is 2.38 bits per heavy atom. The first-order valence-electron chi connectivity index (χ1n) is 5.61. The van der Waals surface area contributed by atoms with Gasteiger partial charge in [0.15, 0.2) is 0 Å². The topological polar surface area (TPSA) is 9.23 Å². The molecule has 0 spiro atoms. The summed E-state index contributed by atoms with van der Waals surface area (Å²) in [4.78, 5) is 0.0772. The van der Waals surface area contributed by atoms with Crippen molar-refractivity contribution in [2.24, 2.45) is 5.92 Å². The minimum Gasteiger partial charge on any atom is -0.497 e. The van der Waals surface area contributed by atoms with E-state index in [0.29, 0.717) is 11.7 Å². The highest BCUT2D eigenvalue weighted by Gasteiger charge is 2.20. The monoisotopic (exact) mass is 288 g/mol. The number of rotatable bonds is 5. The highest BCUT2D eigenvalue weighted by molar-refractivity contribution is 9.09. The molecular formula is C13H18BrFO. The molecule has 0 aliphatic rings. The third-order valence-electron chi connectivity index (χ3n) is 2.97. The van der Waals surface area contributed by atoms with Crippen molar-refractivity contribution in [2.45, 2.75) is 31.5 Å². The maximum Gasteiger partial charge on any atom is 0.131 e. The number of alkyl halides is 1. The molecule has 0 radical (unpaired) electrons. The molecule has 1 nitrogen and oxygen atoms in total. The van der Waals surface area contributed by atoms with Crippen molar-refractivity contribution in [2.75, 3.05) is 7.11 Å². The van der Waals surface area contributed by atoms with Crippen molar-refractivity contribution in [3.8, 4) is 5.75 Å². The van der Waals surface area contributed by atoms with Gasteiger partial charge in [-0.05, 0) is 12.0 Å². The van der Waals surface area contributed by atoms with Gasteiger partial charge in [-0.1, -0.05) is 48.7 Å². The zero-order valence-electron chi connectivity index (χ0n) is 9.97. The molecule has 90 valence electrons. The predicted molar refractivity (Wildman–Crippen MR) is 68.7 cm³/mol. The van der Waals surface area contributed by atoms with E-state index >= 15 is 0 Å². The van der Waals surface area contributed by atoms with Crippen LogP contribution < -0.4 is 4.74 Å². The van der Waals surface area contributed by atoms with E-state index < -0.39 is 0 Å².